The van der Waals surface area contributed by atoms with Crippen molar-refractivity contribution >= 4 is 21.9 Å². The van der Waals surface area contributed by atoms with E-state index in [1.807, 2.05) is 0 Å². The maximum atomic E-state index is 13.8. The lowest BCUT2D eigenvalue weighted by atomic mass is 10.1. The third-order valence-electron chi connectivity index (χ3n) is 4.17. The zero-order valence-corrected chi connectivity index (χ0v) is 14.6. The van der Waals surface area contributed by atoms with Crippen molar-refractivity contribution in [2.75, 3.05) is 7.11 Å². The molecule has 1 aliphatic carbocycles. The Bertz CT molecular complexity index is 723. The third-order valence-corrected chi connectivity index (χ3v) is 4.40. The van der Waals surface area contributed by atoms with E-state index in [0.717, 1.165) is 7.11 Å². The molecule has 0 radical (unpaired) electrons. The summed E-state index contributed by atoms with van der Waals surface area (Å²) in [5.74, 6) is -6.68. The fraction of sp³-hybridized carbons (Fsp3) is 0.438. The van der Waals surface area contributed by atoms with Crippen LogP contribution < -0.4 is 4.74 Å². The van der Waals surface area contributed by atoms with Crippen molar-refractivity contribution in [2.45, 2.75) is 20.5 Å². The predicted molar refractivity (Wildman–Crippen MR) is 80.1 cm³/mol. The maximum Gasteiger partial charge on any atom is 0.311 e. The largest absolute Gasteiger partial charge is 0.491 e. The van der Waals surface area contributed by atoms with E-state index in [2.05, 4.69) is 31.4 Å². The topological polar surface area (TPSA) is 35.5 Å². The monoisotopic (exact) mass is 408 g/mol. The standard InChI is InChI=1S/C16H13BrF4O3/c1-16(2)8(4-5-17)9(16)15(22)24-6-7-10(18)12(20)14(23-3)13(21)11(7)19/h8-9H,6H2,1-3H3. The van der Waals surface area contributed by atoms with Crippen molar-refractivity contribution in [1.82, 2.24) is 0 Å². The lowest BCUT2D eigenvalue weighted by Crippen LogP contribution is -2.14. The molecule has 0 heterocycles. The Morgan fingerprint density at radius 3 is 2.17 bits per heavy atom. The number of hydrogen-bond donors (Lipinski definition) is 0. The van der Waals surface area contributed by atoms with Gasteiger partial charge in [0.15, 0.2) is 17.4 Å². The van der Waals surface area contributed by atoms with Crippen LogP contribution in [0.15, 0.2) is 0 Å². The van der Waals surface area contributed by atoms with E-state index < -0.39 is 58.5 Å². The second kappa shape index (κ2) is 6.63. The Kier molecular flexibility index (Phi) is 5.14. The zero-order chi connectivity index (χ0) is 18.2. The minimum atomic E-state index is -1.68. The van der Waals surface area contributed by atoms with Gasteiger partial charge in [0.1, 0.15) is 6.61 Å². The van der Waals surface area contributed by atoms with Crippen LogP contribution in [0, 0.1) is 51.3 Å². The average molecular weight is 409 g/mol. The molecule has 1 fully saturated rings. The van der Waals surface area contributed by atoms with Crippen LogP contribution in [0.25, 0.3) is 0 Å². The van der Waals surface area contributed by atoms with Gasteiger partial charge in [0.2, 0.25) is 11.6 Å². The molecule has 0 saturated heterocycles. The number of methoxy groups -OCH3 is 1. The Labute approximate surface area is 144 Å². The van der Waals surface area contributed by atoms with Crippen LogP contribution in [0.3, 0.4) is 0 Å². The van der Waals surface area contributed by atoms with Gasteiger partial charge in [-0.3, -0.25) is 4.79 Å². The summed E-state index contributed by atoms with van der Waals surface area (Å²) in [5.41, 5.74) is -1.47. The number of carbonyl (C=O) groups excluding carboxylic acids is 1. The van der Waals surface area contributed by atoms with Crippen molar-refractivity contribution in [3.63, 3.8) is 0 Å². The Hall–Kier alpha value is -1.75. The molecule has 1 aromatic carbocycles. The van der Waals surface area contributed by atoms with E-state index in [1.54, 1.807) is 13.8 Å². The number of esters is 1. The molecule has 0 spiro atoms. The van der Waals surface area contributed by atoms with Gasteiger partial charge in [-0.25, -0.2) is 8.78 Å². The van der Waals surface area contributed by atoms with Gasteiger partial charge in [0.05, 0.1) is 18.6 Å². The summed E-state index contributed by atoms with van der Waals surface area (Å²) in [6.07, 6.45) is 0. The van der Waals surface area contributed by atoms with Crippen molar-refractivity contribution in [1.29, 1.82) is 0 Å². The molecule has 0 N–H and O–H groups in total. The van der Waals surface area contributed by atoms with Crippen LogP contribution in [0.1, 0.15) is 19.4 Å². The molecule has 1 saturated carbocycles. The summed E-state index contributed by atoms with van der Waals surface area (Å²) in [6.45, 7) is 2.64. The fourth-order valence-corrected chi connectivity index (χ4v) is 2.85. The van der Waals surface area contributed by atoms with Crippen LogP contribution in [-0.2, 0) is 16.1 Å². The van der Waals surface area contributed by atoms with E-state index in [1.165, 1.54) is 0 Å². The molecule has 130 valence electrons. The first-order valence-electron chi connectivity index (χ1n) is 6.85. The van der Waals surface area contributed by atoms with Crippen molar-refractivity contribution in [3.8, 4) is 16.5 Å². The highest BCUT2D eigenvalue weighted by Crippen LogP contribution is 2.58. The molecule has 0 aromatic heterocycles. The van der Waals surface area contributed by atoms with E-state index >= 15 is 0 Å². The number of rotatable bonds is 4. The Morgan fingerprint density at radius 2 is 1.71 bits per heavy atom. The van der Waals surface area contributed by atoms with Gasteiger partial charge < -0.3 is 9.47 Å². The zero-order valence-electron chi connectivity index (χ0n) is 13.0. The minimum absolute atomic E-state index is 0.275. The summed E-state index contributed by atoms with van der Waals surface area (Å²) < 4.78 is 64.0. The number of hydrogen-bond acceptors (Lipinski definition) is 3. The van der Waals surface area contributed by atoms with Gasteiger partial charge in [0, 0.05) is 21.8 Å². The Balaban J connectivity index is 2.19. The quantitative estimate of drug-likeness (QED) is 0.327. The minimum Gasteiger partial charge on any atom is -0.491 e. The maximum absolute atomic E-state index is 13.8. The molecular formula is C16H13BrF4O3. The van der Waals surface area contributed by atoms with Gasteiger partial charge in [-0.05, 0) is 10.2 Å². The molecule has 0 bridgehead atoms. The summed E-state index contributed by atoms with van der Waals surface area (Å²) in [6, 6.07) is 0. The number of carbonyl (C=O) groups is 1. The van der Waals surface area contributed by atoms with Crippen molar-refractivity contribution < 1.29 is 31.8 Å². The first-order valence-corrected chi connectivity index (χ1v) is 7.64. The molecule has 2 unspecified atom stereocenters. The molecule has 3 nitrogen and oxygen atoms in total. The summed E-state index contributed by atoms with van der Waals surface area (Å²) in [4.78, 5) is 14.5. The Morgan fingerprint density at radius 1 is 1.17 bits per heavy atom. The number of benzene rings is 1. The number of ether oxygens (including phenoxy) is 2. The van der Waals surface area contributed by atoms with Crippen LogP contribution in [0.5, 0.6) is 5.75 Å². The van der Waals surface area contributed by atoms with E-state index in [0.29, 0.717) is 0 Å². The van der Waals surface area contributed by atoms with Crippen LogP contribution in [0.4, 0.5) is 17.6 Å². The highest BCUT2D eigenvalue weighted by molar-refractivity contribution is 9.12. The van der Waals surface area contributed by atoms with E-state index in [4.69, 9.17) is 4.74 Å². The van der Waals surface area contributed by atoms with Gasteiger partial charge in [-0.15, -0.1) is 0 Å². The summed E-state index contributed by atoms with van der Waals surface area (Å²) >= 11 is 2.93. The van der Waals surface area contributed by atoms with Gasteiger partial charge in [0.25, 0.3) is 0 Å². The van der Waals surface area contributed by atoms with Crippen molar-refractivity contribution in [2.24, 2.45) is 17.3 Å². The molecule has 2 rings (SSSR count). The number of halogens is 5. The smallest absolute Gasteiger partial charge is 0.311 e. The lowest BCUT2D eigenvalue weighted by Gasteiger charge is -2.11. The molecule has 0 aliphatic heterocycles. The van der Waals surface area contributed by atoms with Crippen LogP contribution in [-0.4, -0.2) is 13.1 Å². The summed E-state index contributed by atoms with van der Waals surface area (Å²) in [7, 11) is 0.875. The van der Waals surface area contributed by atoms with Crippen molar-refractivity contribution in [3.05, 3.63) is 28.8 Å². The fourth-order valence-electron chi connectivity index (χ4n) is 2.60. The van der Waals surface area contributed by atoms with Gasteiger partial charge >= 0.3 is 5.97 Å². The molecule has 1 aromatic rings. The highest BCUT2D eigenvalue weighted by Gasteiger charge is 2.62. The van der Waals surface area contributed by atoms with E-state index in [-0.39, 0.29) is 5.92 Å². The molecule has 24 heavy (non-hydrogen) atoms. The predicted octanol–water partition coefficient (Wildman–Crippen LogP) is 3.92. The molecule has 0 amide bonds. The molecule has 1 aliphatic rings. The van der Waals surface area contributed by atoms with Crippen LogP contribution >= 0.6 is 15.9 Å². The third kappa shape index (κ3) is 2.97. The molecular weight excluding hydrogens is 396 g/mol. The molecule has 2 atom stereocenters. The van der Waals surface area contributed by atoms with Gasteiger partial charge in [-0.1, -0.05) is 19.8 Å². The second-order valence-corrected chi connectivity index (χ2v) is 6.29. The summed E-state index contributed by atoms with van der Waals surface area (Å²) in [5, 5.41) is 0. The van der Waals surface area contributed by atoms with Gasteiger partial charge in [-0.2, -0.15) is 8.78 Å². The molecule has 8 heteroatoms. The lowest BCUT2D eigenvalue weighted by molar-refractivity contribution is -0.147. The first kappa shape index (κ1) is 18.6. The first-order chi connectivity index (χ1) is 11.2. The SMILES string of the molecule is COc1c(F)c(F)c(COC(=O)C2C(C#CBr)C2(C)C)c(F)c1F. The van der Waals surface area contributed by atoms with Crippen LogP contribution in [0.2, 0.25) is 0 Å². The highest BCUT2D eigenvalue weighted by atomic mass is 79.9. The second-order valence-electron chi connectivity index (χ2n) is 5.89. The normalized spacial score (nSPS) is 20.8. The average Bonchev–Trinajstić information content (AvgIpc) is 3.07. The van der Waals surface area contributed by atoms with E-state index in [9.17, 15) is 22.4 Å².